The highest BCUT2D eigenvalue weighted by atomic mass is 79.9. The van der Waals surface area contributed by atoms with Gasteiger partial charge in [-0.3, -0.25) is 19.3 Å². The predicted octanol–water partition coefficient (Wildman–Crippen LogP) is 3.44. The number of anilines is 1. The number of amides is 2. The van der Waals surface area contributed by atoms with Gasteiger partial charge in [0.15, 0.2) is 5.78 Å². The molecule has 3 heterocycles. The predicted molar refractivity (Wildman–Crippen MR) is 112 cm³/mol. The first-order chi connectivity index (χ1) is 13.2. The summed E-state index contributed by atoms with van der Waals surface area (Å²) in [5, 5.41) is 0. The molecule has 0 radical (unpaired) electrons. The molecule has 2 saturated heterocycles. The van der Waals surface area contributed by atoms with Gasteiger partial charge in [-0.15, -0.1) is 6.58 Å². The second-order valence-corrected chi connectivity index (χ2v) is 9.56. The van der Waals surface area contributed by atoms with Gasteiger partial charge in [-0.2, -0.15) is 0 Å². The maximum Gasteiger partial charge on any atom is 0.236 e. The minimum Gasteiger partial charge on any atom is -0.353 e. The molecule has 4 rings (SSSR count). The van der Waals surface area contributed by atoms with Crippen molar-refractivity contribution in [3.63, 3.8) is 0 Å². The number of carbonyl (C=O) groups excluding carboxylic acids is 3. The molecule has 2 fully saturated rings. The molecule has 0 aromatic heterocycles. The molecule has 0 bridgehead atoms. The van der Waals surface area contributed by atoms with Crippen molar-refractivity contribution in [1.82, 2.24) is 4.90 Å². The lowest BCUT2D eigenvalue weighted by Crippen LogP contribution is -2.51. The molecule has 2 amide bonds. The Bertz CT molecular complexity index is 930. The fourth-order valence-corrected chi connectivity index (χ4v) is 5.04. The van der Waals surface area contributed by atoms with E-state index in [1.54, 1.807) is 6.08 Å². The average Bonchev–Trinajstić information content (AvgIpc) is 3.09. The van der Waals surface area contributed by atoms with Crippen LogP contribution >= 0.6 is 15.9 Å². The Morgan fingerprint density at radius 3 is 2.54 bits per heavy atom. The molecule has 1 aromatic carbocycles. The maximum absolute atomic E-state index is 13.5. The fraction of sp³-hybridized carbons (Fsp3) is 0.409. The Morgan fingerprint density at radius 2 is 1.89 bits per heavy atom. The van der Waals surface area contributed by atoms with Gasteiger partial charge in [0.1, 0.15) is 6.04 Å². The van der Waals surface area contributed by atoms with E-state index < -0.39 is 23.3 Å². The second-order valence-electron chi connectivity index (χ2n) is 8.65. The van der Waals surface area contributed by atoms with Crippen molar-refractivity contribution in [2.45, 2.75) is 32.9 Å². The lowest BCUT2D eigenvalue weighted by molar-refractivity contribution is -0.141. The molecule has 3 aliphatic rings. The van der Waals surface area contributed by atoms with E-state index in [9.17, 15) is 14.4 Å². The highest BCUT2D eigenvalue weighted by Crippen LogP contribution is 2.50. The van der Waals surface area contributed by atoms with Gasteiger partial charge < -0.3 is 4.90 Å². The number of rotatable bonds is 3. The van der Waals surface area contributed by atoms with Gasteiger partial charge in [0.25, 0.3) is 0 Å². The zero-order valence-corrected chi connectivity index (χ0v) is 17.8. The van der Waals surface area contributed by atoms with E-state index in [-0.39, 0.29) is 30.2 Å². The largest absolute Gasteiger partial charge is 0.353 e. The van der Waals surface area contributed by atoms with Crippen LogP contribution in [0.5, 0.6) is 0 Å². The highest BCUT2D eigenvalue weighted by Gasteiger charge is 2.64. The lowest BCUT2D eigenvalue weighted by Gasteiger charge is -2.38. The number of likely N-dealkylation sites (tertiary alicyclic amines) is 1. The van der Waals surface area contributed by atoms with Crippen molar-refractivity contribution < 1.29 is 14.4 Å². The minimum absolute atomic E-state index is 0.0178. The van der Waals surface area contributed by atoms with Crippen LogP contribution in [0, 0.1) is 17.3 Å². The first kappa shape index (κ1) is 19.1. The van der Waals surface area contributed by atoms with Crippen LogP contribution in [-0.4, -0.2) is 41.1 Å². The summed E-state index contributed by atoms with van der Waals surface area (Å²) in [5.41, 5.74) is 1.24. The third-order valence-electron chi connectivity index (χ3n) is 5.88. The number of benzene rings is 1. The number of hydrogen-bond donors (Lipinski definition) is 0. The van der Waals surface area contributed by atoms with Crippen LogP contribution in [0.25, 0.3) is 6.08 Å². The molecule has 3 aliphatic heterocycles. The zero-order valence-electron chi connectivity index (χ0n) is 16.2. The Labute approximate surface area is 173 Å². The van der Waals surface area contributed by atoms with Gasteiger partial charge in [-0.1, -0.05) is 54.9 Å². The molecule has 0 spiro atoms. The Hall–Kier alpha value is -2.21. The van der Waals surface area contributed by atoms with E-state index in [1.807, 2.05) is 56.0 Å². The van der Waals surface area contributed by atoms with Gasteiger partial charge in [-0.05, 0) is 23.8 Å². The van der Waals surface area contributed by atoms with Crippen LogP contribution < -0.4 is 4.90 Å². The average molecular weight is 443 g/mol. The number of carbonyl (C=O) groups is 3. The molecule has 4 atom stereocenters. The number of Topliss-reactive ketones (excluding diaryl/α,β-unsaturated/α-hetero) is 1. The minimum atomic E-state index is -0.663. The van der Waals surface area contributed by atoms with Crippen LogP contribution in [0.4, 0.5) is 5.69 Å². The van der Waals surface area contributed by atoms with Crippen LogP contribution in [0.15, 0.2) is 41.4 Å². The zero-order chi connectivity index (χ0) is 20.4. The molecular formula is C22H23BrN2O3. The Balaban J connectivity index is 1.88. The molecule has 0 N–H and O–H groups in total. The van der Waals surface area contributed by atoms with Crippen molar-refractivity contribution in [1.29, 1.82) is 0 Å². The van der Waals surface area contributed by atoms with Gasteiger partial charge in [-0.25, -0.2) is 0 Å². The first-order valence-electron chi connectivity index (χ1n) is 9.43. The summed E-state index contributed by atoms with van der Waals surface area (Å²) >= 11 is 3.49. The van der Waals surface area contributed by atoms with Gasteiger partial charge in [0.05, 0.1) is 17.9 Å². The Kier molecular flexibility index (Phi) is 4.38. The van der Waals surface area contributed by atoms with Crippen molar-refractivity contribution in [2.75, 3.05) is 11.4 Å². The summed E-state index contributed by atoms with van der Waals surface area (Å²) in [6.45, 7) is 9.43. The Morgan fingerprint density at radius 1 is 1.21 bits per heavy atom. The molecule has 6 heteroatoms. The summed E-state index contributed by atoms with van der Waals surface area (Å²) in [5.74, 6) is -1.70. The highest BCUT2D eigenvalue weighted by molar-refractivity contribution is 9.10. The molecule has 0 saturated carbocycles. The third kappa shape index (κ3) is 2.61. The van der Waals surface area contributed by atoms with E-state index in [0.717, 1.165) is 15.7 Å². The topological polar surface area (TPSA) is 57.7 Å². The number of nitrogens with zero attached hydrogens (tertiary/aromatic N) is 2. The van der Waals surface area contributed by atoms with Crippen LogP contribution in [0.1, 0.15) is 26.3 Å². The van der Waals surface area contributed by atoms with Crippen LogP contribution in [-0.2, 0) is 14.4 Å². The molecule has 0 unspecified atom stereocenters. The summed E-state index contributed by atoms with van der Waals surface area (Å²) < 4.78 is 0.941. The van der Waals surface area contributed by atoms with Crippen molar-refractivity contribution >= 4 is 45.3 Å². The second kappa shape index (κ2) is 6.41. The maximum atomic E-state index is 13.5. The molecule has 28 heavy (non-hydrogen) atoms. The number of hydrogen-bond acceptors (Lipinski definition) is 4. The van der Waals surface area contributed by atoms with Crippen molar-refractivity contribution in [3.8, 4) is 0 Å². The number of fused-ring (bicyclic) bond motifs is 5. The number of ketones is 1. The monoisotopic (exact) mass is 442 g/mol. The lowest BCUT2D eigenvalue weighted by atomic mass is 9.79. The van der Waals surface area contributed by atoms with Crippen molar-refractivity contribution in [3.05, 3.63) is 47.0 Å². The molecule has 1 aromatic rings. The summed E-state index contributed by atoms with van der Waals surface area (Å²) in [7, 11) is 0. The summed E-state index contributed by atoms with van der Waals surface area (Å²) in [6, 6.07) is 4.90. The third-order valence-corrected chi connectivity index (χ3v) is 6.37. The summed E-state index contributed by atoms with van der Waals surface area (Å²) in [4.78, 5) is 43.0. The van der Waals surface area contributed by atoms with Crippen LogP contribution in [0.3, 0.4) is 0 Å². The standard InChI is InChI=1S/C22H23BrN2O3/c1-5-10-24-20(27)16-15-8-6-12-11-13(23)7-9-14(12)25(15)18(17(16)21(24)28)19(26)22(2,3)4/h5-9,11,15-18H,1,10H2,2-4H3/t15-,16-,17+,18-/m1/s1. The van der Waals surface area contributed by atoms with Gasteiger partial charge >= 0.3 is 0 Å². The quantitative estimate of drug-likeness (QED) is 0.531. The van der Waals surface area contributed by atoms with Gasteiger partial charge in [0.2, 0.25) is 11.8 Å². The molecule has 146 valence electrons. The normalized spacial score (nSPS) is 28.3. The molecular weight excluding hydrogens is 420 g/mol. The van der Waals surface area contributed by atoms with Crippen LogP contribution in [0.2, 0.25) is 0 Å². The molecule has 5 nitrogen and oxygen atoms in total. The SMILES string of the molecule is C=CCN1C(=O)[C@H]2[C@H](C1=O)[C@H](C(=O)C(C)(C)C)N1c3ccc(Br)cc3C=C[C@H]21. The van der Waals surface area contributed by atoms with E-state index in [4.69, 9.17) is 0 Å². The van der Waals surface area contributed by atoms with E-state index >= 15 is 0 Å². The van der Waals surface area contributed by atoms with Crippen molar-refractivity contribution in [2.24, 2.45) is 17.3 Å². The van der Waals surface area contributed by atoms with Gasteiger partial charge in [0, 0.05) is 22.1 Å². The molecule has 0 aliphatic carbocycles. The van der Waals surface area contributed by atoms with E-state index in [1.165, 1.54) is 4.90 Å². The number of halogens is 1. The summed E-state index contributed by atoms with van der Waals surface area (Å²) in [6.07, 6.45) is 5.50. The number of imide groups is 1. The first-order valence-corrected chi connectivity index (χ1v) is 10.2. The van der Waals surface area contributed by atoms with E-state index in [0.29, 0.717) is 0 Å². The van der Waals surface area contributed by atoms with E-state index in [2.05, 4.69) is 22.5 Å². The smallest absolute Gasteiger partial charge is 0.236 e. The fourth-order valence-electron chi connectivity index (χ4n) is 4.66.